The number of fused-ring (bicyclic) bond motifs is 2. The van der Waals surface area contributed by atoms with Gasteiger partial charge in [0.05, 0.1) is 11.2 Å². The third-order valence-corrected chi connectivity index (χ3v) is 4.65. The Morgan fingerprint density at radius 1 is 1.15 bits per heavy atom. The Morgan fingerprint density at radius 3 is 2.73 bits per heavy atom. The minimum atomic E-state index is -1.13. The zero-order valence-electron chi connectivity index (χ0n) is 14.1. The molecule has 0 fully saturated rings. The molecule has 2 aromatic carbocycles. The van der Waals surface area contributed by atoms with Gasteiger partial charge in [-0.1, -0.05) is 36.4 Å². The first-order valence-electron chi connectivity index (χ1n) is 8.32. The molecule has 0 aliphatic carbocycles. The zero-order valence-corrected chi connectivity index (χ0v) is 14.1. The first kappa shape index (κ1) is 16.2. The molecule has 6 nitrogen and oxygen atoms in total. The van der Waals surface area contributed by atoms with Crippen LogP contribution in [0.4, 0.5) is 5.69 Å². The van der Waals surface area contributed by atoms with Gasteiger partial charge in [0.1, 0.15) is 6.04 Å². The van der Waals surface area contributed by atoms with Crippen molar-refractivity contribution in [3.63, 3.8) is 0 Å². The molecular formula is C20H17N3O3. The Kier molecular flexibility index (Phi) is 3.89. The van der Waals surface area contributed by atoms with E-state index in [0.717, 1.165) is 5.39 Å². The van der Waals surface area contributed by atoms with Crippen molar-refractivity contribution in [3.05, 3.63) is 71.9 Å². The number of amides is 2. The highest BCUT2D eigenvalue weighted by molar-refractivity contribution is 6.06. The molecule has 4 rings (SSSR count). The summed E-state index contributed by atoms with van der Waals surface area (Å²) in [6.07, 6.45) is 0.524. The van der Waals surface area contributed by atoms with E-state index in [2.05, 4.69) is 10.3 Å². The van der Waals surface area contributed by atoms with E-state index >= 15 is 0 Å². The molecule has 2 amide bonds. The maximum atomic E-state index is 12.7. The number of pyridine rings is 1. The van der Waals surface area contributed by atoms with Crippen molar-refractivity contribution in [2.75, 3.05) is 5.32 Å². The average Bonchev–Trinajstić information content (AvgIpc) is 2.92. The van der Waals surface area contributed by atoms with Gasteiger partial charge >= 0.3 is 0 Å². The number of nitrogens with zero attached hydrogens (tertiary/aromatic N) is 2. The lowest BCUT2D eigenvalue weighted by atomic mass is 10.1. The van der Waals surface area contributed by atoms with Crippen LogP contribution in [0.1, 0.15) is 29.1 Å². The van der Waals surface area contributed by atoms with Crippen molar-refractivity contribution in [1.29, 1.82) is 0 Å². The second-order valence-electron chi connectivity index (χ2n) is 6.22. The predicted octanol–water partition coefficient (Wildman–Crippen LogP) is 2.71. The second-order valence-corrected chi connectivity index (χ2v) is 6.22. The Bertz CT molecular complexity index is 1010. The normalized spacial score (nSPS) is 17.2. The molecule has 0 radical (unpaired) electrons. The molecule has 0 saturated heterocycles. The van der Waals surface area contributed by atoms with Gasteiger partial charge in [-0.05, 0) is 25.1 Å². The highest BCUT2D eigenvalue weighted by Crippen LogP contribution is 2.33. The van der Waals surface area contributed by atoms with E-state index < -0.39 is 12.3 Å². The third-order valence-electron chi connectivity index (χ3n) is 4.65. The van der Waals surface area contributed by atoms with Crippen LogP contribution in [0.3, 0.4) is 0 Å². The number of aliphatic hydroxyl groups is 1. The van der Waals surface area contributed by atoms with Crippen molar-refractivity contribution in [1.82, 2.24) is 9.88 Å². The minimum absolute atomic E-state index is 0.355. The fourth-order valence-electron chi connectivity index (χ4n) is 3.27. The van der Waals surface area contributed by atoms with Crippen molar-refractivity contribution in [2.45, 2.75) is 19.2 Å². The summed E-state index contributed by atoms with van der Waals surface area (Å²) in [5.74, 6) is -0.741. The SMILES string of the molecule is C[C@@H](C(=O)Nc1cccc2cccnc12)N1C(=O)c2ccccc2C1O. The summed E-state index contributed by atoms with van der Waals surface area (Å²) in [6.45, 7) is 1.60. The lowest BCUT2D eigenvalue weighted by Crippen LogP contribution is -2.44. The molecule has 0 spiro atoms. The van der Waals surface area contributed by atoms with Gasteiger partial charge < -0.3 is 10.4 Å². The van der Waals surface area contributed by atoms with Crippen molar-refractivity contribution >= 4 is 28.4 Å². The number of carbonyl (C=O) groups is 2. The highest BCUT2D eigenvalue weighted by Gasteiger charge is 2.40. The smallest absolute Gasteiger partial charge is 0.257 e. The molecule has 6 heteroatoms. The fraction of sp³-hybridized carbons (Fsp3) is 0.150. The Hall–Kier alpha value is -3.25. The largest absolute Gasteiger partial charge is 0.369 e. The van der Waals surface area contributed by atoms with Crippen LogP contribution in [0.5, 0.6) is 0 Å². The molecule has 26 heavy (non-hydrogen) atoms. The van der Waals surface area contributed by atoms with E-state index in [0.29, 0.717) is 22.3 Å². The Labute approximate surface area is 150 Å². The van der Waals surface area contributed by atoms with E-state index in [9.17, 15) is 14.7 Å². The van der Waals surface area contributed by atoms with E-state index in [4.69, 9.17) is 0 Å². The van der Waals surface area contributed by atoms with E-state index in [1.807, 2.05) is 24.3 Å². The molecule has 0 bridgehead atoms. The number of benzene rings is 2. The molecule has 1 aliphatic rings. The summed E-state index contributed by atoms with van der Waals surface area (Å²) < 4.78 is 0. The standard InChI is InChI=1S/C20H17N3O3/c1-12(23-19(25)14-8-2-3-9-15(14)20(23)26)18(24)22-16-10-4-6-13-7-5-11-21-17(13)16/h2-12,19,25H,1H3,(H,22,24)/t12-,19?/m0/s1. The second kappa shape index (κ2) is 6.24. The maximum absolute atomic E-state index is 12.7. The van der Waals surface area contributed by atoms with Crippen LogP contribution in [0.15, 0.2) is 60.8 Å². The van der Waals surface area contributed by atoms with Crippen molar-refractivity contribution < 1.29 is 14.7 Å². The predicted molar refractivity (Wildman–Crippen MR) is 97.4 cm³/mol. The molecule has 1 aliphatic heterocycles. The number of anilines is 1. The first-order valence-corrected chi connectivity index (χ1v) is 8.32. The average molecular weight is 347 g/mol. The van der Waals surface area contributed by atoms with Crippen LogP contribution < -0.4 is 5.32 Å². The monoisotopic (exact) mass is 347 g/mol. The third kappa shape index (κ3) is 2.51. The number of hydrogen-bond acceptors (Lipinski definition) is 4. The lowest BCUT2D eigenvalue weighted by Gasteiger charge is -2.27. The quantitative estimate of drug-likeness (QED) is 0.763. The van der Waals surface area contributed by atoms with Crippen LogP contribution >= 0.6 is 0 Å². The van der Waals surface area contributed by atoms with Crippen LogP contribution in [-0.2, 0) is 4.79 Å². The summed E-state index contributed by atoms with van der Waals surface area (Å²) in [7, 11) is 0. The molecular weight excluding hydrogens is 330 g/mol. The first-order chi connectivity index (χ1) is 12.6. The van der Waals surface area contributed by atoms with Crippen LogP contribution in [-0.4, -0.2) is 32.8 Å². The number of carbonyl (C=O) groups excluding carboxylic acids is 2. The summed E-state index contributed by atoms with van der Waals surface area (Å²) in [4.78, 5) is 30.8. The summed E-state index contributed by atoms with van der Waals surface area (Å²) >= 11 is 0. The van der Waals surface area contributed by atoms with Gasteiger partial charge in [-0.3, -0.25) is 19.5 Å². The van der Waals surface area contributed by atoms with Crippen LogP contribution in [0.2, 0.25) is 0 Å². The summed E-state index contributed by atoms with van der Waals surface area (Å²) in [5, 5.41) is 14.2. The number of para-hydroxylation sites is 1. The number of aliphatic hydroxyl groups excluding tert-OH is 1. The zero-order chi connectivity index (χ0) is 18.3. The van der Waals surface area contributed by atoms with Gasteiger partial charge in [0.15, 0.2) is 6.23 Å². The molecule has 2 atom stereocenters. The summed E-state index contributed by atoms with van der Waals surface area (Å²) in [5.41, 5.74) is 2.18. The molecule has 2 heterocycles. The maximum Gasteiger partial charge on any atom is 0.257 e. The molecule has 130 valence electrons. The van der Waals surface area contributed by atoms with E-state index in [1.165, 1.54) is 4.90 Å². The van der Waals surface area contributed by atoms with Gasteiger partial charge in [-0.15, -0.1) is 0 Å². The highest BCUT2D eigenvalue weighted by atomic mass is 16.3. The molecule has 3 aromatic rings. The number of aromatic nitrogens is 1. The topological polar surface area (TPSA) is 82.5 Å². The number of hydrogen-bond donors (Lipinski definition) is 2. The van der Waals surface area contributed by atoms with Crippen LogP contribution in [0, 0.1) is 0 Å². The molecule has 1 unspecified atom stereocenters. The van der Waals surface area contributed by atoms with Gasteiger partial charge in [0.2, 0.25) is 5.91 Å². The fourth-order valence-corrected chi connectivity index (χ4v) is 3.27. The van der Waals surface area contributed by atoms with Crippen molar-refractivity contribution in [3.8, 4) is 0 Å². The van der Waals surface area contributed by atoms with Crippen LogP contribution in [0.25, 0.3) is 10.9 Å². The number of nitrogens with one attached hydrogen (secondary N) is 1. The van der Waals surface area contributed by atoms with Gasteiger partial charge in [-0.2, -0.15) is 0 Å². The van der Waals surface area contributed by atoms with Gasteiger partial charge in [-0.25, -0.2) is 0 Å². The molecule has 2 N–H and O–H groups in total. The molecule has 1 aromatic heterocycles. The van der Waals surface area contributed by atoms with Crippen molar-refractivity contribution in [2.24, 2.45) is 0 Å². The number of rotatable bonds is 3. The Balaban J connectivity index is 1.60. The lowest BCUT2D eigenvalue weighted by molar-refractivity contribution is -0.123. The van der Waals surface area contributed by atoms with E-state index in [1.54, 1.807) is 43.5 Å². The Morgan fingerprint density at radius 2 is 1.92 bits per heavy atom. The summed E-state index contributed by atoms with van der Waals surface area (Å²) in [6, 6.07) is 15.2. The minimum Gasteiger partial charge on any atom is -0.369 e. The van der Waals surface area contributed by atoms with E-state index in [-0.39, 0.29) is 11.8 Å². The van der Waals surface area contributed by atoms with Gasteiger partial charge in [0, 0.05) is 22.7 Å². The van der Waals surface area contributed by atoms with Gasteiger partial charge in [0.25, 0.3) is 5.91 Å². The molecule has 0 saturated carbocycles.